The zero-order valence-electron chi connectivity index (χ0n) is 13.3. The molecule has 0 aliphatic carbocycles. The monoisotopic (exact) mass is 299 g/mol. The van der Waals surface area contributed by atoms with Crippen molar-refractivity contribution in [3.05, 3.63) is 46.2 Å². The number of benzene rings is 1. The van der Waals surface area contributed by atoms with Gasteiger partial charge in [-0.05, 0) is 50.4 Å². The third kappa shape index (κ3) is 3.76. The predicted octanol–water partition coefficient (Wildman–Crippen LogP) is 2.49. The van der Waals surface area contributed by atoms with Crippen molar-refractivity contribution in [1.82, 2.24) is 15.2 Å². The molecule has 0 radical (unpaired) electrons. The summed E-state index contributed by atoms with van der Waals surface area (Å²) in [5, 5.41) is 4.58. The zero-order valence-corrected chi connectivity index (χ0v) is 13.3. The molecule has 3 rings (SSSR count). The summed E-state index contributed by atoms with van der Waals surface area (Å²) in [6.07, 6.45) is 4.00. The summed E-state index contributed by atoms with van der Waals surface area (Å²) in [6, 6.07) is 10.3. The van der Waals surface area contributed by atoms with E-state index in [-0.39, 0.29) is 5.56 Å². The number of nitrogens with zero attached hydrogens (tertiary/aromatic N) is 1. The lowest BCUT2D eigenvalue weighted by molar-refractivity contribution is 0.209. The lowest BCUT2D eigenvalue weighted by Crippen LogP contribution is -2.41. The Bertz CT molecular complexity index is 673. The van der Waals surface area contributed by atoms with Gasteiger partial charge in [0.05, 0.1) is 0 Å². The smallest absolute Gasteiger partial charge is 0.252 e. The van der Waals surface area contributed by atoms with Gasteiger partial charge in [-0.3, -0.25) is 4.79 Å². The van der Waals surface area contributed by atoms with Crippen molar-refractivity contribution in [2.75, 3.05) is 19.6 Å². The van der Waals surface area contributed by atoms with E-state index in [0.717, 1.165) is 23.0 Å². The molecular formula is C18H25N3O. The van der Waals surface area contributed by atoms with E-state index in [4.69, 9.17) is 0 Å². The fourth-order valence-corrected chi connectivity index (χ4v) is 3.20. The van der Waals surface area contributed by atoms with Crippen LogP contribution in [0.25, 0.3) is 10.9 Å². The van der Waals surface area contributed by atoms with E-state index in [1.54, 1.807) is 0 Å². The predicted molar refractivity (Wildman–Crippen MR) is 91.2 cm³/mol. The van der Waals surface area contributed by atoms with Gasteiger partial charge >= 0.3 is 0 Å². The number of hydrogen-bond donors (Lipinski definition) is 2. The maximum Gasteiger partial charge on any atom is 0.252 e. The second-order valence-electron chi connectivity index (χ2n) is 6.35. The van der Waals surface area contributed by atoms with Crippen LogP contribution in [0.2, 0.25) is 0 Å². The van der Waals surface area contributed by atoms with Gasteiger partial charge in [-0.2, -0.15) is 0 Å². The summed E-state index contributed by atoms with van der Waals surface area (Å²) < 4.78 is 0. The van der Waals surface area contributed by atoms with Crippen LogP contribution in [0.5, 0.6) is 0 Å². The van der Waals surface area contributed by atoms with E-state index in [1.807, 2.05) is 30.3 Å². The molecule has 1 aromatic carbocycles. The molecule has 118 valence electrons. The molecule has 2 aromatic rings. The SMILES string of the molecule is CC(CN1CCCCC1)NCc1cc2ccccc2[nH]c1=O. The standard InChI is InChI=1S/C18H25N3O/c1-14(13-21-9-5-2-6-10-21)19-12-16-11-15-7-3-4-8-17(15)20-18(16)22/h3-4,7-8,11,14,19H,2,5-6,9-10,12-13H2,1H3,(H,20,22). The van der Waals surface area contributed by atoms with Crippen LogP contribution < -0.4 is 10.9 Å². The van der Waals surface area contributed by atoms with Crippen LogP contribution in [0.4, 0.5) is 0 Å². The van der Waals surface area contributed by atoms with Crippen LogP contribution in [0.15, 0.2) is 35.1 Å². The summed E-state index contributed by atoms with van der Waals surface area (Å²) in [5.41, 5.74) is 1.72. The number of aromatic nitrogens is 1. The number of hydrogen-bond acceptors (Lipinski definition) is 3. The van der Waals surface area contributed by atoms with E-state index in [1.165, 1.54) is 32.4 Å². The molecule has 2 N–H and O–H groups in total. The Morgan fingerprint density at radius 2 is 2.00 bits per heavy atom. The molecule has 1 aliphatic rings. The molecule has 1 atom stereocenters. The number of para-hydroxylation sites is 1. The number of pyridine rings is 1. The highest BCUT2D eigenvalue weighted by molar-refractivity contribution is 5.78. The van der Waals surface area contributed by atoms with Gasteiger partial charge in [0.25, 0.3) is 5.56 Å². The molecule has 1 aliphatic heterocycles. The van der Waals surface area contributed by atoms with Gasteiger partial charge in [-0.1, -0.05) is 24.6 Å². The normalized spacial score (nSPS) is 17.7. The Labute approximate surface area is 131 Å². The zero-order chi connectivity index (χ0) is 15.4. The number of rotatable bonds is 5. The molecular weight excluding hydrogens is 274 g/mol. The maximum atomic E-state index is 12.1. The Morgan fingerprint density at radius 3 is 2.82 bits per heavy atom. The van der Waals surface area contributed by atoms with Crippen molar-refractivity contribution in [2.45, 2.75) is 38.8 Å². The van der Waals surface area contributed by atoms with Gasteiger partial charge in [-0.15, -0.1) is 0 Å². The summed E-state index contributed by atoms with van der Waals surface area (Å²) in [5.74, 6) is 0. The minimum atomic E-state index is 0.0105. The third-order valence-corrected chi connectivity index (χ3v) is 4.45. The van der Waals surface area contributed by atoms with E-state index >= 15 is 0 Å². The molecule has 4 heteroatoms. The molecule has 2 heterocycles. The molecule has 1 fully saturated rings. The minimum Gasteiger partial charge on any atom is -0.322 e. The van der Waals surface area contributed by atoms with Crippen molar-refractivity contribution < 1.29 is 0 Å². The van der Waals surface area contributed by atoms with E-state index in [0.29, 0.717) is 12.6 Å². The molecule has 0 bridgehead atoms. The number of piperidine rings is 1. The highest BCUT2D eigenvalue weighted by Crippen LogP contribution is 2.11. The Balaban J connectivity index is 1.60. The first-order valence-electron chi connectivity index (χ1n) is 8.29. The maximum absolute atomic E-state index is 12.1. The molecule has 4 nitrogen and oxygen atoms in total. The summed E-state index contributed by atoms with van der Waals surface area (Å²) in [4.78, 5) is 17.6. The first-order chi connectivity index (χ1) is 10.7. The summed E-state index contributed by atoms with van der Waals surface area (Å²) in [6.45, 7) is 6.30. The molecule has 0 saturated carbocycles. The van der Waals surface area contributed by atoms with Crippen LogP contribution >= 0.6 is 0 Å². The van der Waals surface area contributed by atoms with Crippen LogP contribution in [-0.2, 0) is 6.54 Å². The highest BCUT2D eigenvalue weighted by Gasteiger charge is 2.13. The first-order valence-corrected chi connectivity index (χ1v) is 8.29. The average Bonchev–Trinajstić information content (AvgIpc) is 2.54. The highest BCUT2D eigenvalue weighted by atomic mass is 16.1. The summed E-state index contributed by atoms with van der Waals surface area (Å²) >= 11 is 0. The first kappa shape index (κ1) is 15.3. The van der Waals surface area contributed by atoms with Crippen molar-refractivity contribution >= 4 is 10.9 Å². The second kappa shape index (κ2) is 7.07. The third-order valence-electron chi connectivity index (χ3n) is 4.45. The van der Waals surface area contributed by atoms with Crippen LogP contribution in [0.3, 0.4) is 0 Å². The van der Waals surface area contributed by atoms with E-state index in [2.05, 4.69) is 22.1 Å². The van der Waals surface area contributed by atoms with Crippen LogP contribution in [0.1, 0.15) is 31.7 Å². The van der Waals surface area contributed by atoms with E-state index in [9.17, 15) is 4.79 Å². The molecule has 1 saturated heterocycles. The lowest BCUT2D eigenvalue weighted by Gasteiger charge is -2.29. The molecule has 0 amide bonds. The van der Waals surface area contributed by atoms with Crippen molar-refractivity contribution in [3.8, 4) is 0 Å². The Morgan fingerprint density at radius 1 is 1.23 bits per heavy atom. The van der Waals surface area contributed by atoms with Gasteiger partial charge in [0.15, 0.2) is 0 Å². The lowest BCUT2D eigenvalue weighted by atomic mass is 10.1. The fraction of sp³-hybridized carbons (Fsp3) is 0.500. The molecule has 0 spiro atoms. The fourth-order valence-electron chi connectivity index (χ4n) is 3.20. The quantitative estimate of drug-likeness (QED) is 0.892. The number of aromatic amines is 1. The van der Waals surface area contributed by atoms with Gasteiger partial charge in [0.2, 0.25) is 0 Å². The van der Waals surface area contributed by atoms with Gasteiger partial charge in [0, 0.05) is 30.2 Å². The van der Waals surface area contributed by atoms with Crippen molar-refractivity contribution in [1.29, 1.82) is 0 Å². The van der Waals surface area contributed by atoms with Crippen molar-refractivity contribution in [3.63, 3.8) is 0 Å². The minimum absolute atomic E-state index is 0.0105. The average molecular weight is 299 g/mol. The van der Waals surface area contributed by atoms with Gasteiger partial charge < -0.3 is 15.2 Å². The number of H-pyrrole nitrogens is 1. The molecule has 22 heavy (non-hydrogen) atoms. The van der Waals surface area contributed by atoms with E-state index < -0.39 is 0 Å². The van der Waals surface area contributed by atoms with Gasteiger partial charge in [-0.25, -0.2) is 0 Å². The second-order valence-corrected chi connectivity index (χ2v) is 6.35. The Hall–Kier alpha value is -1.65. The summed E-state index contributed by atoms with van der Waals surface area (Å²) in [7, 11) is 0. The van der Waals surface area contributed by atoms with Gasteiger partial charge in [0.1, 0.15) is 0 Å². The van der Waals surface area contributed by atoms with Crippen LogP contribution in [0, 0.1) is 0 Å². The molecule has 1 aromatic heterocycles. The number of nitrogens with one attached hydrogen (secondary N) is 2. The largest absolute Gasteiger partial charge is 0.322 e. The number of fused-ring (bicyclic) bond motifs is 1. The van der Waals surface area contributed by atoms with Crippen molar-refractivity contribution in [2.24, 2.45) is 0 Å². The topological polar surface area (TPSA) is 48.1 Å². The Kier molecular flexibility index (Phi) is 4.90. The van der Waals surface area contributed by atoms with Crippen LogP contribution in [-0.4, -0.2) is 35.6 Å². The molecule has 1 unspecified atom stereocenters. The number of likely N-dealkylation sites (tertiary alicyclic amines) is 1.